The van der Waals surface area contributed by atoms with Crippen LogP contribution in [0.15, 0.2) is 61.1 Å². The third kappa shape index (κ3) is 10.7. The van der Waals surface area contributed by atoms with E-state index in [2.05, 4.69) is 30.7 Å². The van der Waals surface area contributed by atoms with Crippen LogP contribution in [0.5, 0.6) is 0 Å². The van der Waals surface area contributed by atoms with Gasteiger partial charge >= 0.3 is 18.2 Å². The summed E-state index contributed by atoms with van der Waals surface area (Å²) in [6.07, 6.45) is 2.02. The summed E-state index contributed by atoms with van der Waals surface area (Å²) in [6.45, 7) is 1.95. The van der Waals surface area contributed by atoms with Crippen LogP contribution in [0.3, 0.4) is 0 Å². The number of aromatic nitrogens is 6. The lowest BCUT2D eigenvalue weighted by molar-refractivity contribution is -0.693. The van der Waals surface area contributed by atoms with Crippen LogP contribution < -0.4 is 26.7 Å². The van der Waals surface area contributed by atoms with Gasteiger partial charge in [0.15, 0.2) is 17.7 Å². The largest absolute Gasteiger partial charge is 0.477 e. The first-order valence-corrected chi connectivity index (χ1v) is 19.3. The molecule has 316 valence electrons. The summed E-state index contributed by atoms with van der Waals surface area (Å²) < 4.78 is 43.3. The zero-order chi connectivity index (χ0) is 43.0. The maximum absolute atomic E-state index is 13.9. The van der Waals surface area contributed by atoms with E-state index >= 15 is 0 Å². The van der Waals surface area contributed by atoms with Crippen molar-refractivity contribution in [2.24, 2.45) is 5.73 Å². The number of nitrogen functional groups attached to an aromatic ring is 1. The summed E-state index contributed by atoms with van der Waals surface area (Å²) in [4.78, 5) is 64.7. The Bertz CT molecular complexity index is 2340. The number of H-pyrrole nitrogens is 2. The molecule has 5 aromatic rings. The van der Waals surface area contributed by atoms with Crippen LogP contribution in [-0.2, 0) is 36.8 Å². The van der Waals surface area contributed by atoms with Gasteiger partial charge in [-0.1, -0.05) is 11.6 Å². The van der Waals surface area contributed by atoms with Gasteiger partial charge in [0, 0.05) is 80.8 Å². The maximum Gasteiger partial charge on any atom is 0.433 e. The summed E-state index contributed by atoms with van der Waals surface area (Å²) >= 11 is 6.50. The molecule has 0 aliphatic carbocycles. The number of aliphatic carboxylic acids is 1. The smallest absolute Gasteiger partial charge is 0.433 e. The first-order chi connectivity index (χ1) is 28.7. The standard InChI is InChI=1S/C39H42ClF3N12O5/c40-30-19-25(50-36(58)35-48-21-26(49-35)18-29-33(31-8-5-24(45)20-47-31)51-52-34(29)39(41,42)43)6-7-28(30)37(59)53-13-15-54(16-14-53)38(60)46-11-2-3-23-9-12-55(22-32(56)57)27(17-23)4-1-10-44/h5-9,12,17,19-21H,1-4,10-11,13-16,18,22,44H2,(H6-,45,46,47,48,49,50,51,52,56,57,58,59,60)/p+1. The molecule has 0 atom stereocenters. The van der Waals surface area contributed by atoms with Gasteiger partial charge in [0.05, 0.1) is 28.2 Å². The average Bonchev–Trinajstić information content (AvgIpc) is 3.87. The van der Waals surface area contributed by atoms with Crippen molar-refractivity contribution in [2.45, 2.75) is 44.8 Å². The second-order valence-corrected chi connectivity index (χ2v) is 14.4. The quantitative estimate of drug-likeness (QED) is 0.0595. The highest BCUT2D eigenvalue weighted by Gasteiger charge is 2.38. The minimum Gasteiger partial charge on any atom is -0.477 e. The Morgan fingerprint density at radius 1 is 0.967 bits per heavy atom. The lowest BCUT2D eigenvalue weighted by Crippen LogP contribution is -2.53. The number of nitrogens with two attached hydrogens (primary N) is 2. The average molecular weight is 852 g/mol. The molecule has 1 saturated heterocycles. The Morgan fingerprint density at radius 2 is 1.73 bits per heavy atom. The van der Waals surface area contributed by atoms with E-state index in [-0.39, 0.29) is 82.7 Å². The SMILES string of the molecule is NCCCc1cc(CCCNC(=O)N2CCN(C(=O)c3ccc(NC(=O)c4ncc(Cc5c(-c6ccc(N)cn6)n[nH]c5C(F)(F)F)[nH]4)cc3Cl)CC2)cc[n+]1CC(=O)O. The highest BCUT2D eigenvalue weighted by atomic mass is 35.5. The van der Waals surface area contributed by atoms with Gasteiger partial charge in [-0.15, -0.1) is 0 Å². The van der Waals surface area contributed by atoms with Crippen molar-refractivity contribution in [1.82, 2.24) is 40.3 Å². The number of anilines is 2. The van der Waals surface area contributed by atoms with Crippen molar-refractivity contribution in [2.75, 3.05) is 50.3 Å². The fraction of sp³-hybridized carbons (Fsp3) is 0.333. The normalized spacial score (nSPS) is 13.0. The van der Waals surface area contributed by atoms with E-state index in [4.69, 9.17) is 23.1 Å². The van der Waals surface area contributed by atoms with Gasteiger partial charge in [-0.3, -0.25) is 19.7 Å². The van der Waals surface area contributed by atoms with Gasteiger partial charge in [0.25, 0.3) is 11.8 Å². The number of hydrogen-bond acceptors (Lipinski definition) is 9. The molecule has 4 amide bonds. The summed E-state index contributed by atoms with van der Waals surface area (Å²) in [7, 11) is 0. The first-order valence-electron chi connectivity index (χ1n) is 19.0. The molecular formula is C39H43ClF3N12O5+. The van der Waals surface area contributed by atoms with Gasteiger partial charge in [-0.25, -0.2) is 14.6 Å². The summed E-state index contributed by atoms with van der Waals surface area (Å²) in [6, 6.07) is 10.9. The number of aromatic amines is 2. The Kier molecular flexibility index (Phi) is 13.6. The Morgan fingerprint density at radius 3 is 2.42 bits per heavy atom. The molecule has 0 unspecified atom stereocenters. The number of carbonyl (C=O) groups is 4. The molecule has 0 saturated carbocycles. The van der Waals surface area contributed by atoms with Crippen LogP contribution in [-0.4, -0.2) is 103 Å². The molecule has 17 nitrogen and oxygen atoms in total. The molecule has 1 aliphatic rings. The van der Waals surface area contributed by atoms with E-state index < -0.39 is 23.7 Å². The number of piperazine rings is 1. The minimum absolute atomic E-state index is 0.0316. The first kappa shape index (κ1) is 43.0. The third-order valence-corrected chi connectivity index (χ3v) is 10.1. The zero-order valence-electron chi connectivity index (χ0n) is 32.2. The minimum atomic E-state index is -4.74. The number of benzene rings is 1. The molecule has 6 rings (SSSR count). The predicted molar refractivity (Wildman–Crippen MR) is 213 cm³/mol. The van der Waals surface area contributed by atoms with Crippen LogP contribution >= 0.6 is 11.6 Å². The molecular weight excluding hydrogens is 809 g/mol. The molecule has 1 fully saturated rings. The van der Waals surface area contributed by atoms with Crippen molar-refractivity contribution in [3.8, 4) is 11.4 Å². The number of nitrogens with zero attached hydrogens (tertiary/aromatic N) is 6. The van der Waals surface area contributed by atoms with E-state index in [1.165, 1.54) is 42.7 Å². The Balaban J connectivity index is 0.979. The molecule has 0 spiro atoms. The van der Waals surface area contributed by atoms with E-state index in [0.29, 0.717) is 51.1 Å². The van der Waals surface area contributed by atoms with Crippen molar-refractivity contribution in [1.29, 1.82) is 0 Å². The molecule has 0 radical (unpaired) electrons. The van der Waals surface area contributed by atoms with E-state index in [1.54, 1.807) is 20.6 Å². The molecule has 60 heavy (non-hydrogen) atoms. The monoisotopic (exact) mass is 851 g/mol. The fourth-order valence-corrected chi connectivity index (χ4v) is 6.97. The number of aryl methyl sites for hydroxylation is 2. The van der Waals surface area contributed by atoms with Crippen molar-refractivity contribution in [3.05, 3.63) is 106 Å². The van der Waals surface area contributed by atoms with Crippen LogP contribution in [0, 0.1) is 0 Å². The molecule has 1 aromatic carbocycles. The highest BCUT2D eigenvalue weighted by Crippen LogP contribution is 2.36. The van der Waals surface area contributed by atoms with Gasteiger partial charge in [0.2, 0.25) is 6.54 Å². The highest BCUT2D eigenvalue weighted by molar-refractivity contribution is 6.34. The number of carboxylic acid groups (broad SMARTS) is 1. The van der Waals surface area contributed by atoms with Crippen molar-refractivity contribution in [3.63, 3.8) is 0 Å². The number of alkyl halides is 3. The number of hydrogen-bond donors (Lipinski definition) is 7. The number of carboxylic acids is 1. The number of pyridine rings is 2. The van der Waals surface area contributed by atoms with E-state index in [1.807, 2.05) is 17.2 Å². The number of imidazole rings is 1. The van der Waals surface area contributed by atoms with E-state index in [9.17, 15) is 37.5 Å². The van der Waals surface area contributed by atoms with Crippen LogP contribution in [0.4, 0.5) is 29.3 Å². The van der Waals surface area contributed by atoms with Gasteiger partial charge in [-0.2, -0.15) is 22.8 Å². The zero-order valence-corrected chi connectivity index (χ0v) is 32.9. The Labute approximate surface area is 346 Å². The number of carbonyl (C=O) groups excluding carboxylic acids is 3. The summed E-state index contributed by atoms with van der Waals surface area (Å²) in [5.74, 6) is -2.15. The third-order valence-electron chi connectivity index (χ3n) is 9.75. The lowest BCUT2D eigenvalue weighted by atomic mass is 10.0. The molecule has 21 heteroatoms. The molecule has 4 aromatic heterocycles. The lowest BCUT2D eigenvalue weighted by Gasteiger charge is -2.35. The van der Waals surface area contributed by atoms with Gasteiger partial charge < -0.3 is 42.0 Å². The number of amides is 4. The van der Waals surface area contributed by atoms with Gasteiger partial charge in [-0.05, 0) is 61.7 Å². The number of halogens is 4. The van der Waals surface area contributed by atoms with Crippen molar-refractivity contribution >= 4 is 46.8 Å². The Hall–Kier alpha value is -6.54. The maximum atomic E-state index is 13.9. The number of nitrogens with one attached hydrogen (secondary N) is 4. The van der Waals surface area contributed by atoms with Gasteiger partial charge in [0.1, 0.15) is 11.4 Å². The predicted octanol–water partition coefficient (Wildman–Crippen LogP) is 3.66. The van der Waals surface area contributed by atoms with E-state index in [0.717, 1.165) is 17.7 Å². The van der Waals surface area contributed by atoms with Crippen LogP contribution in [0.25, 0.3) is 11.4 Å². The molecule has 5 heterocycles. The summed E-state index contributed by atoms with van der Waals surface area (Å²) in [5, 5.41) is 20.7. The molecule has 9 N–H and O–H groups in total. The second-order valence-electron chi connectivity index (χ2n) is 14.0. The number of rotatable bonds is 15. The van der Waals surface area contributed by atoms with Crippen LogP contribution in [0.2, 0.25) is 5.02 Å². The van der Waals surface area contributed by atoms with Crippen LogP contribution in [0.1, 0.15) is 62.0 Å². The second kappa shape index (κ2) is 19.0. The van der Waals surface area contributed by atoms with Crippen molar-refractivity contribution < 1.29 is 42.0 Å². The fourth-order valence-electron chi connectivity index (χ4n) is 6.70. The number of urea groups is 1. The summed E-state index contributed by atoms with van der Waals surface area (Å²) in [5.41, 5.74) is 13.1. The molecule has 1 aliphatic heterocycles. The molecule has 0 bridgehead atoms. The topological polar surface area (TPSA) is 245 Å².